The van der Waals surface area contributed by atoms with Gasteiger partial charge in [-0.05, 0) is 26.1 Å². The molecular formula is C13H27NOSSi2. The molecule has 0 aromatic heterocycles. The third-order valence-corrected chi connectivity index (χ3v) is 6.49. The topological polar surface area (TPSA) is 12.5 Å². The van der Waals surface area contributed by atoms with Crippen LogP contribution in [-0.4, -0.2) is 39.9 Å². The van der Waals surface area contributed by atoms with E-state index in [4.69, 9.17) is 16.6 Å². The highest BCUT2D eigenvalue weighted by Gasteiger charge is 2.33. The second kappa shape index (κ2) is 5.47. The molecule has 0 aromatic rings. The van der Waals surface area contributed by atoms with Gasteiger partial charge in [-0.25, -0.2) is 0 Å². The van der Waals surface area contributed by atoms with Crippen LogP contribution >= 0.6 is 12.2 Å². The Bertz CT molecular complexity index is 366. The molecule has 0 N–H and O–H groups in total. The minimum atomic E-state index is -1.55. The summed E-state index contributed by atoms with van der Waals surface area (Å²) >= 11 is 5.69. The standard InChI is InChI=1S/C13H27NOSSi2/c1-14-10-8-9-11(15-18(5,6)7)12(13(14)16)17(2,3)4/h8-10H2,1-7H3. The van der Waals surface area contributed by atoms with E-state index in [-0.39, 0.29) is 0 Å². The molecule has 0 fully saturated rings. The first-order chi connectivity index (χ1) is 8.02. The highest BCUT2D eigenvalue weighted by molar-refractivity contribution is 7.81. The average molecular weight is 302 g/mol. The summed E-state index contributed by atoms with van der Waals surface area (Å²) in [5.41, 5.74) is 0. The van der Waals surface area contributed by atoms with Crippen LogP contribution in [-0.2, 0) is 4.43 Å². The third-order valence-electron chi connectivity index (χ3n) is 2.92. The van der Waals surface area contributed by atoms with Gasteiger partial charge in [0.2, 0.25) is 8.32 Å². The number of nitrogens with zero attached hydrogens (tertiary/aromatic N) is 1. The molecule has 0 aromatic carbocycles. The highest BCUT2D eigenvalue weighted by Crippen LogP contribution is 2.30. The molecule has 0 saturated carbocycles. The monoisotopic (exact) mass is 301 g/mol. The summed E-state index contributed by atoms with van der Waals surface area (Å²) in [6.07, 6.45) is 2.19. The summed E-state index contributed by atoms with van der Waals surface area (Å²) in [4.78, 5) is 3.25. The number of allylic oxidation sites excluding steroid dienone is 1. The van der Waals surface area contributed by atoms with Gasteiger partial charge in [-0.3, -0.25) is 0 Å². The van der Waals surface area contributed by atoms with Gasteiger partial charge in [-0.2, -0.15) is 0 Å². The Hall–Kier alpha value is -0.136. The maximum Gasteiger partial charge on any atom is 0.241 e. The van der Waals surface area contributed by atoms with Crippen LogP contribution in [0.15, 0.2) is 11.0 Å². The molecule has 0 bridgehead atoms. The van der Waals surface area contributed by atoms with Crippen LogP contribution in [0.1, 0.15) is 12.8 Å². The predicted octanol–water partition coefficient (Wildman–Crippen LogP) is 4.02. The fourth-order valence-corrected chi connectivity index (χ4v) is 6.24. The summed E-state index contributed by atoms with van der Waals surface area (Å²) in [6, 6.07) is 0. The van der Waals surface area contributed by atoms with Gasteiger partial charge in [0.1, 0.15) is 4.99 Å². The van der Waals surface area contributed by atoms with E-state index in [9.17, 15) is 0 Å². The second-order valence-corrected chi connectivity index (χ2v) is 16.9. The molecule has 0 amide bonds. The molecule has 0 unspecified atom stereocenters. The lowest BCUT2D eigenvalue weighted by atomic mass is 10.3. The Morgan fingerprint density at radius 2 is 1.67 bits per heavy atom. The van der Waals surface area contributed by atoms with E-state index < -0.39 is 16.4 Å². The number of rotatable bonds is 3. The number of likely N-dealkylation sites (N-methyl/N-ethyl adjacent to an activating group) is 1. The van der Waals surface area contributed by atoms with Crippen molar-refractivity contribution < 1.29 is 4.43 Å². The van der Waals surface area contributed by atoms with E-state index in [1.807, 2.05) is 0 Å². The maximum atomic E-state index is 6.36. The third kappa shape index (κ3) is 4.21. The van der Waals surface area contributed by atoms with Crippen molar-refractivity contribution in [1.29, 1.82) is 0 Å². The van der Waals surface area contributed by atoms with Crippen molar-refractivity contribution >= 4 is 33.6 Å². The first kappa shape index (κ1) is 15.9. The normalized spacial score (nSPS) is 19.1. The van der Waals surface area contributed by atoms with Crippen LogP contribution in [0.2, 0.25) is 39.3 Å². The van der Waals surface area contributed by atoms with Crippen LogP contribution in [0.3, 0.4) is 0 Å². The lowest BCUT2D eigenvalue weighted by Crippen LogP contribution is -2.38. The van der Waals surface area contributed by atoms with E-state index in [0.29, 0.717) is 0 Å². The minimum Gasteiger partial charge on any atom is -0.547 e. The summed E-state index contributed by atoms with van der Waals surface area (Å²) < 4.78 is 6.36. The van der Waals surface area contributed by atoms with Gasteiger partial charge in [0.05, 0.1) is 13.8 Å². The van der Waals surface area contributed by atoms with Crippen LogP contribution in [0.25, 0.3) is 0 Å². The van der Waals surface area contributed by atoms with Gasteiger partial charge < -0.3 is 9.33 Å². The summed E-state index contributed by atoms with van der Waals surface area (Å²) in [5, 5.41) is 1.37. The fourth-order valence-electron chi connectivity index (χ4n) is 2.22. The number of hydrogen-bond acceptors (Lipinski definition) is 2. The van der Waals surface area contributed by atoms with Gasteiger partial charge in [-0.15, -0.1) is 0 Å². The number of thiocarbonyl (C=S) groups is 1. The van der Waals surface area contributed by atoms with Crippen LogP contribution < -0.4 is 0 Å². The highest BCUT2D eigenvalue weighted by atomic mass is 32.1. The molecule has 2 nitrogen and oxygen atoms in total. The van der Waals surface area contributed by atoms with Gasteiger partial charge in [0.25, 0.3) is 0 Å². The molecule has 0 spiro atoms. The summed E-state index contributed by atoms with van der Waals surface area (Å²) in [7, 11) is -0.904. The molecule has 104 valence electrons. The van der Waals surface area contributed by atoms with Gasteiger partial charge in [0, 0.05) is 25.2 Å². The molecular weight excluding hydrogens is 274 g/mol. The minimum absolute atomic E-state index is 1.03. The zero-order chi connectivity index (χ0) is 14.1. The van der Waals surface area contributed by atoms with Crippen molar-refractivity contribution in [2.75, 3.05) is 13.6 Å². The van der Waals surface area contributed by atoms with E-state index in [1.165, 1.54) is 11.0 Å². The smallest absolute Gasteiger partial charge is 0.241 e. The largest absolute Gasteiger partial charge is 0.547 e. The van der Waals surface area contributed by atoms with E-state index in [0.717, 1.165) is 24.4 Å². The lowest BCUT2D eigenvalue weighted by molar-refractivity contribution is 0.391. The SMILES string of the molecule is CN1CCCC(O[Si](C)(C)C)=C([Si](C)(C)C)C1=S. The van der Waals surface area contributed by atoms with Crippen molar-refractivity contribution in [2.24, 2.45) is 0 Å². The Morgan fingerprint density at radius 1 is 1.11 bits per heavy atom. The van der Waals surface area contributed by atoms with Gasteiger partial charge in [0.15, 0.2) is 0 Å². The zero-order valence-electron chi connectivity index (χ0n) is 12.9. The fraction of sp³-hybridized carbons (Fsp3) is 0.769. The van der Waals surface area contributed by atoms with Crippen molar-refractivity contribution in [3.8, 4) is 0 Å². The van der Waals surface area contributed by atoms with Gasteiger partial charge >= 0.3 is 0 Å². The lowest BCUT2D eigenvalue weighted by Gasteiger charge is -2.30. The zero-order valence-corrected chi connectivity index (χ0v) is 15.7. The molecule has 1 aliphatic heterocycles. The van der Waals surface area contributed by atoms with Crippen molar-refractivity contribution in [3.63, 3.8) is 0 Å². The predicted molar refractivity (Wildman–Crippen MR) is 89.3 cm³/mol. The Morgan fingerprint density at radius 3 is 2.11 bits per heavy atom. The van der Waals surface area contributed by atoms with Crippen LogP contribution in [0.4, 0.5) is 0 Å². The molecule has 0 atom stereocenters. The molecule has 0 radical (unpaired) electrons. The molecule has 1 aliphatic rings. The second-order valence-electron chi connectivity index (χ2n) is 7.09. The van der Waals surface area contributed by atoms with E-state index in [2.05, 4.69) is 51.2 Å². The molecule has 5 heteroatoms. The Kier molecular flexibility index (Phi) is 4.83. The Balaban J connectivity index is 3.24. The molecule has 1 heterocycles. The quantitative estimate of drug-likeness (QED) is 0.577. The molecule has 0 aliphatic carbocycles. The van der Waals surface area contributed by atoms with Gasteiger partial charge in [-0.1, -0.05) is 31.9 Å². The summed E-state index contributed by atoms with van der Waals surface area (Å²) in [5.74, 6) is 1.21. The average Bonchev–Trinajstić information content (AvgIpc) is 2.23. The van der Waals surface area contributed by atoms with Crippen molar-refractivity contribution in [1.82, 2.24) is 4.90 Å². The molecule has 18 heavy (non-hydrogen) atoms. The first-order valence-corrected chi connectivity index (χ1v) is 14.0. The summed E-state index contributed by atoms with van der Waals surface area (Å²) in [6.45, 7) is 14.9. The van der Waals surface area contributed by atoms with Crippen molar-refractivity contribution in [2.45, 2.75) is 52.1 Å². The first-order valence-electron chi connectivity index (χ1n) is 6.70. The van der Waals surface area contributed by atoms with Crippen LogP contribution in [0.5, 0.6) is 0 Å². The van der Waals surface area contributed by atoms with E-state index in [1.54, 1.807) is 0 Å². The maximum absolute atomic E-state index is 6.36. The molecule has 0 saturated heterocycles. The van der Waals surface area contributed by atoms with Crippen molar-refractivity contribution in [3.05, 3.63) is 11.0 Å². The Labute approximate surface area is 120 Å². The van der Waals surface area contributed by atoms with E-state index >= 15 is 0 Å². The number of hydrogen-bond donors (Lipinski definition) is 0. The van der Waals surface area contributed by atoms with Crippen LogP contribution in [0, 0.1) is 0 Å². The molecule has 1 rings (SSSR count).